The van der Waals surface area contributed by atoms with Crippen molar-refractivity contribution in [2.75, 3.05) is 0 Å². The third-order valence-electron chi connectivity index (χ3n) is 3.85. The van der Waals surface area contributed by atoms with Crippen LogP contribution in [0.15, 0.2) is 57.7 Å². The maximum Gasteiger partial charge on any atom is 0.308 e. The van der Waals surface area contributed by atoms with Crippen LogP contribution in [0, 0.1) is 0 Å². The van der Waals surface area contributed by atoms with Crippen molar-refractivity contribution in [2.24, 2.45) is 0 Å². The Morgan fingerprint density at radius 2 is 1.85 bits per heavy atom. The van der Waals surface area contributed by atoms with Crippen LogP contribution >= 0.6 is 0 Å². The third-order valence-corrected chi connectivity index (χ3v) is 3.85. The van der Waals surface area contributed by atoms with Gasteiger partial charge in [-0.3, -0.25) is 9.59 Å². The summed E-state index contributed by atoms with van der Waals surface area (Å²) in [6.45, 7) is 0.0227. The van der Waals surface area contributed by atoms with Gasteiger partial charge in [0.15, 0.2) is 12.2 Å². The largest absolute Gasteiger partial charge is 0.456 e. The van der Waals surface area contributed by atoms with Gasteiger partial charge in [0.1, 0.15) is 11.0 Å². The van der Waals surface area contributed by atoms with Gasteiger partial charge in [-0.1, -0.05) is 29.5 Å². The number of fused-ring (bicyclic) bond motifs is 2. The molecular weight excluding hydrogens is 336 g/mol. The number of hydrogen-bond acceptors (Lipinski definition) is 7. The predicted octanol–water partition coefficient (Wildman–Crippen LogP) is 2.07. The summed E-state index contributed by atoms with van der Waals surface area (Å²) in [4.78, 5) is 28.5. The highest BCUT2D eigenvalue weighted by Gasteiger charge is 2.11. The van der Waals surface area contributed by atoms with Gasteiger partial charge in [0.2, 0.25) is 5.89 Å². The van der Waals surface area contributed by atoms with Gasteiger partial charge < -0.3 is 9.15 Å². The Labute approximate surface area is 147 Å². The summed E-state index contributed by atoms with van der Waals surface area (Å²) in [5.74, 6) is -0.156. The minimum Gasteiger partial charge on any atom is -0.456 e. The van der Waals surface area contributed by atoms with E-state index in [-0.39, 0.29) is 25.1 Å². The van der Waals surface area contributed by atoms with Crippen LogP contribution in [0.2, 0.25) is 0 Å². The number of ether oxygens (including phenoxy) is 1. The summed E-state index contributed by atoms with van der Waals surface area (Å²) < 4.78 is 11.8. The van der Waals surface area contributed by atoms with Crippen LogP contribution < -0.4 is 5.56 Å². The molecule has 0 aliphatic rings. The fourth-order valence-corrected chi connectivity index (χ4v) is 2.56. The van der Waals surface area contributed by atoms with E-state index in [2.05, 4.69) is 15.3 Å². The van der Waals surface area contributed by atoms with Crippen molar-refractivity contribution in [3.05, 3.63) is 64.8 Å². The molecule has 0 bridgehead atoms. The molecule has 4 aromatic rings. The Hall–Kier alpha value is -3.55. The van der Waals surface area contributed by atoms with Gasteiger partial charge in [-0.05, 0) is 24.3 Å². The van der Waals surface area contributed by atoms with E-state index in [1.165, 1.54) is 0 Å². The van der Waals surface area contributed by atoms with E-state index < -0.39 is 5.97 Å². The van der Waals surface area contributed by atoms with Crippen molar-refractivity contribution in [2.45, 2.75) is 19.6 Å². The van der Waals surface area contributed by atoms with Gasteiger partial charge in [-0.15, -0.1) is 5.10 Å². The summed E-state index contributed by atoms with van der Waals surface area (Å²) in [6.07, 6.45) is -0.00679. The van der Waals surface area contributed by atoms with Gasteiger partial charge in [-0.2, -0.15) is 0 Å². The number of carbonyl (C=O) groups excluding carboxylic acids is 1. The van der Waals surface area contributed by atoms with Gasteiger partial charge in [0, 0.05) is 0 Å². The second kappa shape index (κ2) is 6.75. The molecule has 0 radical (unpaired) electrons. The number of aryl methyl sites for hydroxylation is 1. The fraction of sp³-hybridized carbons (Fsp3) is 0.167. The molecule has 2 heterocycles. The lowest BCUT2D eigenvalue weighted by atomic mass is 10.2. The van der Waals surface area contributed by atoms with Gasteiger partial charge in [-0.25, -0.2) is 9.67 Å². The van der Waals surface area contributed by atoms with Crippen molar-refractivity contribution in [3.63, 3.8) is 0 Å². The Bertz CT molecular complexity index is 1120. The van der Waals surface area contributed by atoms with E-state index >= 15 is 0 Å². The molecule has 0 spiro atoms. The lowest BCUT2D eigenvalue weighted by Crippen LogP contribution is -2.25. The first-order valence-electron chi connectivity index (χ1n) is 8.03. The van der Waals surface area contributed by atoms with Crippen molar-refractivity contribution in [1.82, 2.24) is 20.0 Å². The van der Waals surface area contributed by atoms with Crippen LogP contribution in [-0.2, 0) is 22.7 Å². The molecule has 130 valence electrons. The van der Waals surface area contributed by atoms with Crippen LogP contribution in [0.5, 0.6) is 0 Å². The van der Waals surface area contributed by atoms with Gasteiger partial charge in [0.05, 0.1) is 18.4 Å². The standard InChI is InChI=1S/C18H14N4O4/c23-17(25-11-16-19-14-7-3-4-8-15(14)26-16)9-10-22-18(24)12-5-1-2-6-13(12)20-21-22/h1-8H,9-11H2. The van der Waals surface area contributed by atoms with Crippen molar-refractivity contribution in [3.8, 4) is 0 Å². The molecule has 2 aromatic carbocycles. The normalized spacial score (nSPS) is 11.1. The fourth-order valence-electron chi connectivity index (χ4n) is 2.56. The minimum atomic E-state index is -0.478. The molecule has 0 fully saturated rings. The Kier molecular flexibility index (Phi) is 4.14. The Balaban J connectivity index is 1.38. The lowest BCUT2D eigenvalue weighted by molar-refractivity contribution is -0.145. The lowest BCUT2D eigenvalue weighted by Gasteiger charge is -2.05. The molecule has 0 saturated heterocycles. The zero-order chi connectivity index (χ0) is 17.9. The Morgan fingerprint density at radius 3 is 2.69 bits per heavy atom. The number of nitrogens with zero attached hydrogens (tertiary/aromatic N) is 4. The molecule has 0 saturated carbocycles. The maximum absolute atomic E-state index is 12.3. The van der Waals surface area contributed by atoms with Crippen LogP contribution in [0.3, 0.4) is 0 Å². The maximum atomic E-state index is 12.3. The molecule has 0 amide bonds. The number of esters is 1. The first-order chi connectivity index (χ1) is 12.7. The summed E-state index contributed by atoms with van der Waals surface area (Å²) in [5, 5.41) is 8.28. The molecule has 8 heteroatoms. The smallest absolute Gasteiger partial charge is 0.308 e. The summed E-state index contributed by atoms with van der Waals surface area (Å²) in [6, 6.07) is 14.2. The number of oxazole rings is 1. The average Bonchev–Trinajstić information content (AvgIpc) is 3.09. The number of rotatable bonds is 5. The molecule has 0 atom stereocenters. The molecule has 0 aliphatic carbocycles. The van der Waals surface area contributed by atoms with Crippen LogP contribution in [-0.4, -0.2) is 25.9 Å². The highest BCUT2D eigenvalue weighted by molar-refractivity contribution is 5.76. The quantitative estimate of drug-likeness (QED) is 0.508. The van der Waals surface area contributed by atoms with E-state index in [0.29, 0.717) is 27.9 Å². The number of benzene rings is 2. The Morgan fingerprint density at radius 1 is 1.08 bits per heavy atom. The second-order valence-corrected chi connectivity index (χ2v) is 5.62. The predicted molar refractivity (Wildman–Crippen MR) is 92.2 cm³/mol. The monoisotopic (exact) mass is 350 g/mol. The molecule has 0 N–H and O–H groups in total. The first-order valence-corrected chi connectivity index (χ1v) is 8.03. The highest BCUT2D eigenvalue weighted by Crippen LogP contribution is 2.15. The van der Waals surface area contributed by atoms with E-state index in [1.807, 2.05) is 18.2 Å². The first kappa shape index (κ1) is 15.9. The van der Waals surface area contributed by atoms with Crippen molar-refractivity contribution >= 4 is 28.0 Å². The van der Waals surface area contributed by atoms with E-state index in [9.17, 15) is 9.59 Å². The molecule has 2 aromatic heterocycles. The van der Waals surface area contributed by atoms with Gasteiger partial charge in [0.25, 0.3) is 5.56 Å². The molecule has 0 unspecified atom stereocenters. The van der Waals surface area contributed by atoms with E-state index in [4.69, 9.17) is 9.15 Å². The van der Waals surface area contributed by atoms with Crippen LogP contribution in [0.4, 0.5) is 0 Å². The van der Waals surface area contributed by atoms with Crippen molar-refractivity contribution in [1.29, 1.82) is 0 Å². The summed E-state index contributed by atoms with van der Waals surface area (Å²) >= 11 is 0. The average molecular weight is 350 g/mol. The summed E-state index contributed by atoms with van der Waals surface area (Å²) in [5.41, 5.74) is 1.57. The summed E-state index contributed by atoms with van der Waals surface area (Å²) in [7, 11) is 0. The number of hydrogen-bond donors (Lipinski definition) is 0. The third kappa shape index (κ3) is 3.16. The van der Waals surface area contributed by atoms with Crippen LogP contribution in [0.1, 0.15) is 12.3 Å². The zero-order valence-corrected chi connectivity index (χ0v) is 13.7. The topological polar surface area (TPSA) is 100 Å². The van der Waals surface area contributed by atoms with E-state index in [0.717, 1.165) is 4.68 Å². The second-order valence-electron chi connectivity index (χ2n) is 5.62. The van der Waals surface area contributed by atoms with Crippen LogP contribution in [0.25, 0.3) is 22.0 Å². The minimum absolute atomic E-state index is 0.00679. The molecule has 26 heavy (non-hydrogen) atoms. The zero-order valence-electron chi connectivity index (χ0n) is 13.7. The number of carbonyl (C=O) groups is 1. The SMILES string of the molecule is O=C(CCn1nnc2ccccc2c1=O)OCc1nc2ccccc2o1. The highest BCUT2D eigenvalue weighted by atomic mass is 16.5. The number of para-hydroxylation sites is 2. The van der Waals surface area contributed by atoms with Gasteiger partial charge >= 0.3 is 5.97 Å². The number of aromatic nitrogens is 4. The van der Waals surface area contributed by atoms with E-state index in [1.54, 1.807) is 30.3 Å². The van der Waals surface area contributed by atoms with Crippen molar-refractivity contribution < 1.29 is 13.9 Å². The molecular formula is C18H14N4O4. The molecule has 4 rings (SSSR count). The molecule has 8 nitrogen and oxygen atoms in total. The molecule has 0 aliphatic heterocycles.